The molecule has 0 spiro atoms. The highest BCUT2D eigenvalue weighted by atomic mass is 16.3. The van der Waals surface area contributed by atoms with Crippen LogP contribution in [-0.2, 0) is 19.6 Å². The predicted molar refractivity (Wildman–Crippen MR) is 80.1 cm³/mol. The Labute approximate surface area is 124 Å². The van der Waals surface area contributed by atoms with Crippen molar-refractivity contribution in [3.05, 3.63) is 84.3 Å². The molecular weight excluding hydrogens is 262 g/mol. The van der Waals surface area contributed by atoms with Gasteiger partial charge in [-0.3, -0.25) is 14.9 Å². The van der Waals surface area contributed by atoms with E-state index in [1.54, 1.807) is 12.5 Å². The Bertz CT molecular complexity index is 597. The average Bonchev–Trinajstić information content (AvgIpc) is 3.02. The van der Waals surface area contributed by atoms with Gasteiger partial charge in [0, 0.05) is 37.9 Å². The van der Waals surface area contributed by atoms with Gasteiger partial charge in [0.1, 0.15) is 5.76 Å². The molecule has 0 N–H and O–H groups in total. The van der Waals surface area contributed by atoms with Crippen molar-refractivity contribution in [3.8, 4) is 0 Å². The maximum Gasteiger partial charge on any atom is 0.117 e. The lowest BCUT2D eigenvalue weighted by atomic mass is 10.2. The number of pyridine rings is 2. The summed E-state index contributed by atoms with van der Waals surface area (Å²) >= 11 is 0. The molecular formula is C17H17N3O. The SMILES string of the molecule is c1cncc(CN(Cc2ccncc2)Cc2ccco2)c1. The molecule has 21 heavy (non-hydrogen) atoms. The van der Waals surface area contributed by atoms with Crippen LogP contribution < -0.4 is 0 Å². The summed E-state index contributed by atoms with van der Waals surface area (Å²) in [6, 6.07) is 12.1. The molecule has 0 bridgehead atoms. The smallest absolute Gasteiger partial charge is 0.117 e. The fraction of sp³-hybridized carbons (Fsp3) is 0.176. The largest absolute Gasteiger partial charge is 0.468 e. The van der Waals surface area contributed by atoms with Crippen molar-refractivity contribution >= 4 is 0 Å². The minimum Gasteiger partial charge on any atom is -0.468 e. The second-order valence-corrected chi connectivity index (χ2v) is 4.94. The molecule has 4 nitrogen and oxygen atoms in total. The molecule has 0 aliphatic carbocycles. The summed E-state index contributed by atoms with van der Waals surface area (Å²) in [4.78, 5) is 10.6. The molecule has 0 unspecified atom stereocenters. The molecule has 0 saturated carbocycles. The highest BCUT2D eigenvalue weighted by Gasteiger charge is 2.10. The normalized spacial score (nSPS) is 10.9. The Balaban J connectivity index is 1.74. The van der Waals surface area contributed by atoms with Crippen LogP contribution in [0.15, 0.2) is 71.9 Å². The van der Waals surface area contributed by atoms with Gasteiger partial charge in [-0.15, -0.1) is 0 Å². The summed E-state index contributed by atoms with van der Waals surface area (Å²) in [6.07, 6.45) is 9.06. The van der Waals surface area contributed by atoms with Gasteiger partial charge < -0.3 is 4.42 Å². The average molecular weight is 279 g/mol. The molecule has 3 aromatic heterocycles. The van der Waals surface area contributed by atoms with E-state index in [-0.39, 0.29) is 0 Å². The summed E-state index contributed by atoms with van der Waals surface area (Å²) in [5, 5.41) is 0. The van der Waals surface area contributed by atoms with Crippen LogP contribution in [0.5, 0.6) is 0 Å². The van der Waals surface area contributed by atoms with Gasteiger partial charge in [-0.2, -0.15) is 0 Å². The Morgan fingerprint density at radius 1 is 0.810 bits per heavy atom. The van der Waals surface area contributed by atoms with Crippen molar-refractivity contribution in [2.24, 2.45) is 0 Å². The second kappa shape index (κ2) is 6.81. The van der Waals surface area contributed by atoms with Crippen LogP contribution in [0.3, 0.4) is 0 Å². The zero-order valence-corrected chi connectivity index (χ0v) is 11.7. The van der Waals surface area contributed by atoms with Gasteiger partial charge in [0.15, 0.2) is 0 Å². The molecule has 0 aliphatic heterocycles. The van der Waals surface area contributed by atoms with Crippen molar-refractivity contribution in [3.63, 3.8) is 0 Å². The van der Waals surface area contributed by atoms with Crippen LogP contribution in [0.25, 0.3) is 0 Å². The minimum atomic E-state index is 0.768. The van der Waals surface area contributed by atoms with E-state index in [1.807, 2.05) is 48.9 Å². The van der Waals surface area contributed by atoms with E-state index < -0.39 is 0 Å². The summed E-state index contributed by atoms with van der Waals surface area (Å²) in [7, 11) is 0. The van der Waals surface area contributed by atoms with E-state index in [1.165, 1.54) is 11.1 Å². The summed E-state index contributed by atoms with van der Waals surface area (Å²) < 4.78 is 5.47. The fourth-order valence-electron chi connectivity index (χ4n) is 2.29. The van der Waals surface area contributed by atoms with Gasteiger partial charge in [0.2, 0.25) is 0 Å². The first-order valence-electron chi connectivity index (χ1n) is 6.93. The van der Waals surface area contributed by atoms with Crippen molar-refractivity contribution < 1.29 is 4.42 Å². The molecule has 0 radical (unpaired) electrons. The van der Waals surface area contributed by atoms with E-state index >= 15 is 0 Å². The van der Waals surface area contributed by atoms with Gasteiger partial charge in [0.05, 0.1) is 12.8 Å². The van der Waals surface area contributed by atoms with Crippen LogP contribution in [0.2, 0.25) is 0 Å². The molecule has 0 atom stereocenters. The summed E-state index contributed by atoms with van der Waals surface area (Å²) in [6.45, 7) is 2.44. The lowest BCUT2D eigenvalue weighted by Gasteiger charge is -2.21. The first-order valence-corrected chi connectivity index (χ1v) is 6.93. The van der Waals surface area contributed by atoms with E-state index in [0.29, 0.717) is 0 Å². The Hall–Kier alpha value is -2.46. The maximum atomic E-state index is 5.47. The number of aromatic nitrogens is 2. The molecule has 0 aromatic carbocycles. The van der Waals surface area contributed by atoms with E-state index in [2.05, 4.69) is 20.9 Å². The van der Waals surface area contributed by atoms with Crippen LogP contribution in [0.1, 0.15) is 16.9 Å². The standard InChI is InChI=1S/C17H17N3O/c1-3-16(11-19-7-1)13-20(14-17-4-2-10-21-17)12-15-5-8-18-9-6-15/h1-11H,12-14H2. The second-order valence-electron chi connectivity index (χ2n) is 4.94. The lowest BCUT2D eigenvalue weighted by molar-refractivity contribution is 0.226. The van der Waals surface area contributed by atoms with Gasteiger partial charge in [-0.25, -0.2) is 0 Å². The zero-order chi connectivity index (χ0) is 14.3. The Morgan fingerprint density at radius 2 is 1.67 bits per heavy atom. The van der Waals surface area contributed by atoms with Gasteiger partial charge in [0.25, 0.3) is 0 Å². The van der Waals surface area contributed by atoms with Crippen molar-refractivity contribution in [2.45, 2.75) is 19.6 Å². The molecule has 0 fully saturated rings. The summed E-state index contributed by atoms with van der Waals surface area (Å²) in [5.74, 6) is 0.966. The third-order valence-electron chi connectivity index (χ3n) is 3.24. The third-order valence-corrected chi connectivity index (χ3v) is 3.24. The number of hydrogen-bond acceptors (Lipinski definition) is 4. The maximum absolute atomic E-state index is 5.47. The topological polar surface area (TPSA) is 42.2 Å². The minimum absolute atomic E-state index is 0.768. The van der Waals surface area contributed by atoms with Crippen molar-refractivity contribution in [2.75, 3.05) is 0 Å². The van der Waals surface area contributed by atoms with Gasteiger partial charge >= 0.3 is 0 Å². The first kappa shape index (κ1) is 13.5. The molecule has 0 saturated heterocycles. The van der Waals surface area contributed by atoms with Crippen molar-refractivity contribution in [1.29, 1.82) is 0 Å². The number of nitrogens with zero attached hydrogens (tertiary/aromatic N) is 3. The zero-order valence-electron chi connectivity index (χ0n) is 11.7. The van der Waals surface area contributed by atoms with E-state index in [9.17, 15) is 0 Å². The Morgan fingerprint density at radius 3 is 2.38 bits per heavy atom. The molecule has 3 aromatic rings. The first-order chi connectivity index (χ1) is 10.4. The molecule has 3 heterocycles. The fourth-order valence-corrected chi connectivity index (χ4v) is 2.29. The van der Waals surface area contributed by atoms with E-state index in [0.717, 1.165) is 25.4 Å². The van der Waals surface area contributed by atoms with Gasteiger partial charge in [-0.05, 0) is 41.5 Å². The van der Waals surface area contributed by atoms with Gasteiger partial charge in [-0.1, -0.05) is 6.07 Å². The summed E-state index contributed by atoms with van der Waals surface area (Å²) in [5.41, 5.74) is 2.43. The van der Waals surface area contributed by atoms with E-state index in [4.69, 9.17) is 4.42 Å². The Kier molecular flexibility index (Phi) is 4.39. The number of rotatable bonds is 6. The molecule has 4 heteroatoms. The molecule has 3 rings (SSSR count). The van der Waals surface area contributed by atoms with Crippen LogP contribution in [0, 0.1) is 0 Å². The quantitative estimate of drug-likeness (QED) is 0.694. The predicted octanol–water partition coefficient (Wildman–Crippen LogP) is 3.27. The highest BCUT2D eigenvalue weighted by Crippen LogP contribution is 2.13. The highest BCUT2D eigenvalue weighted by molar-refractivity contribution is 5.12. The van der Waals surface area contributed by atoms with Crippen LogP contribution >= 0.6 is 0 Å². The third kappa shape index (κ3) is 4.00. The monoisotopic (exact) mass is 279 g/mol. The molecule has 0 amide bonds. The van der Waals surface area contributed by atoms with Crippen LogP contribution in [-0.4, -0.2) is 14.9 Å². The molecule has 0 aliphatic rings. The lowest BCUT2D eigenvalue weighted by Crippen LogP contribution is -2.22. The number of hydrogen-bond donors (Lipinski definition) is 0. The number of furan rings is 1. The molecule has 106 valence electrons. The van der Waals surface area contributed by atoms with Crippen molar-refractivity contribution in [1.82, 2.24) is 14.9 Å². The van der Waals surface area contributed by atoms with Crippen LogP contribution in [0.4, 0.5) is 0 Å².